The molecule has 0 spiro atoms. The van der Waals surface area contributed by atoms with E-state index in [0.717, 1.165) is 6.08 Å². The van der Waals surface area contributed by atoms with Gasteiger partial charge in [0.15, 0.2) is 0 Å². The van der Waals surface area contributed by atoms with Gasteiger partial charge in [0.1, 0.15) is 0 Å². The van der Waals surface area contributed by atoms with Crippen LogP contribution in [-0.2, 0) is 14.8 Å². The summed E-state index contributed by atoms with van der Waals surface area (Å²) in [6.45, 7) is 2.14. The van der Waals surface area contributed by atoms with E-state index in [9.17, 15) is 13.2 Å². The molecule has 112 valence electrons. The summed E-state index contributed by atoms with van der Waals surface area (Å²) in [6, 6.07) is 7.83. The maximum atomic E-state index is 12.4. The van der Waals surface area contributed by atoms with Gasteiger partial charge in [0.2, 0.25) is 10.0 Å². The second-order valence-corrected chi connectivity index (χ2v) is 6.08. The fourth-order valence-corrected chi connectivity index (χ4v) is 3.14. The first-order valence-corrected chi connectivity index (χ1v) is 7.74. The highest BCUT2D eigenvalue weighted by molar-refractivity contribution is 7.89. The fourth-order valence-electron chi connectivity index (χ4n) is 1.69. The Labute approximate surface area is 124 Å². The van der Waals surface area contributed by atoms with Crippen molar-refractivity contribution < 1.29 is 18.3 Å². The first-order chi connectivity index (χ1) is 9.91. The van der Waals surface area contributed by atoms with Gasteiger partial charge in [0.05, 0.1) is 11.0 Å². The van der Waals surface area contributed by atoms with E-state index in [1.54, 1.807) is 6.92 Å². The van der Waals surface area contributed by atoms with Gasteiger partial charge in [-0.25, -0.2) is 13.2 Å². The van der Waals surface area contributed by atoms with Gasteiger partial charge < -0.3 is 5.11 Å². The van der Waals surface area contributed by atoms with Crippen LogP contribution in [-0.4, -0.2) is 36.9 Å². The number of carboxylic acid groups (broad SMARTS) is 1. The zero-order valence-corrected chi connectivity index (χ0v) is 12.4. The molecule has 0 bridgehead atoms. The summed E-state index contributed by atoms with van der Waals surface area (Å²) >= 11 is 0. The van der Waals surface area contributed by atoms with E-state index in [4.69, 9.17) is 10.4 Å². The number of rotatable bonds is 7. The minimum Gasteiger partial charge on any atom is -0.478 e. The fraction of sp³-hybridized carbons (Fsp3) is 0.286. The van der Waals surface area contributed by atoms with Crippen molar-refractivity contribution in [1.82, 2.24) is 4.31 Å². The van der Waals surface area contributed by atoms with E-state index in [1.807, 2.05) is 6.07 Å². The molecule has 6 nitrogen and oxygen atoms in total. The van der Waals surface area contributed by atoms with E-state index >= 15 is 0 Å². The predicted molar refractivity (Wildman–Crippen MR) is 77.8 cm³/mol. The van der Waals surface area contributed by atoms with Gasteiger partial charge in [-0.15, -0.1) is 0 Å². The second kappa shape index (κ2) is 7.57. The minimum atomic E-state index is -3.63. The molecule has 1 aromatic carbocycles. The maximum Gasteiger partial charge on any atom is 0.328 e. The van der Waals surface area contributed by atoms with Crippen molar-refractivity contribution in [2.24, 2.45) is 0 Å². The third kappa shape index (κ3) is 4.70. The Morgan fingerprint density at radius 1 is 1.38 bits per heavy atom. The van der Waals surface area contributed by atoms with Crippen LogP contribution in [0.4, 0.5) is 0 Å². The Balaban J connectivity index is 2.99. The number of hydrogen-bond donors (Lipinski definition) is 1. The van der Waals surface area contributed by atoms with Gasteiger partial charge in [0.25, 0.3) is 0 Å². The lowest BCUT2D eigenvalue weighted by molar-refractivity contribution is -0.131. The number of carboxylic acids is 1. The lowest BCUT2D eigenvalue weighted by Crippen LogP contribution is -2.31. The molecule has 0 heterocycles. The van der Waals surface area contributed by atoms with Crippen molar-refractivity contribution >= 4 is 22.1 Å². The topological polar surface area (TPSA) is 98.5 Å². The molecule has 0 radical (unpaired) electrons. The van der Waals surface area contributed by atoms with Crippen molar-refractivity contribution in [3.63, 3.8) is 0 Å². The number of nitriles is 1. The zero-order valence-electron chi connectivity index (χ0n) is 11.6. The number of aliphatic carboxylic acids is 1. The van der Waals surface area contributed by atoms with Crippen LogP contribution in [0.25, 0.3) is 6.08 Å². The van der Waals surface area contributed by atoms with Gasteiger partial charge in [0, 0.05) is 25.6 Å². The van der Waals surface area contributed by atoms with Crippen LogP contribution in [0.3, 0.4) is 0 Å². The van der Waals surface area contributed by atoms with Crippen LogP contribution in [0.1, 0.15) is 18.9 Å². The van der Waals surface area contributed by atoms with E-state index < -0.39 is 16.0 Å². The maximum absolute atomic E-state index is 12.4. The molecule has 1 N–H and O–H groups in total. The molecule has 0 amide bonds. The molecule has 0 aliphatic rings. The minimum absolute atomic E-state index is 0.120. The highest BCUT2D eigenvalue weighted by Gasteiger charge is 2.22. The molecule has 0 aliphatic carbocycles. The highest BCUT2D eigenvalue weighted by Crippen LogP contribution is 2.17. The molecule has 0 saturated heterocycles. The Bertz CT molecular complexity index is 657. The third-order valence-electron chi connectivity index (χ3n) is 2.76. The molecule has 0 unspecified atom stereocenters. The van der Waals surface area contributed by atoms with Crippen molar-refractivity contribution in [3.8, 4) is 6.07 Å². The number of sulfonamides is 1. The first kappa shape index (κ1) is 16.9. The van der Waals surface area contributed by atoms with Crippen LogP contribution in [0.5, 0.6) is 0 Å². The van der Waals surface area contributed by atoms with Crippen molar-refractivity contribution in [1.29, 1.82) is 5.26 Å². The SMILES string of the molecule is CCN(CCC#N)S(=O)(=O)c1ccc(/C=C/C(=O)O)cc1. The van der Waals surface area contributed by atoms with Crippen molar-refractivity contribution in [3.05, 3.63) is 35.9 Å². The van der Waals surface area contributed by atoms with Gasteiger partial charge in [-0.2, -0.15) is 9.57 Å². The smallest absolute Gasteiger partial charge is 0.328 e. The number of benzene rings is 1. The van der Waals surface area contributed by atoms with E-state index in [1.165, 1.54) is 34.6 Å². The van der Waals surface area contributed by atoms with E-state index in [2.05, 4.69) is 0 Å². The summed E-state index contributed by atoms with van der Waals surface area (Å²) in [7, 11) is -3.63. The van der Waals surface area contributed by atoms with Gasteiger partial charge in [-0.1, -0.05) is 19.1 Å². The highest BCUT2D eigenvalue weighted by atomic mass is 32.2. The van der Waals surface area contributed by atoms with Crippen LogP contribution in [0.15, 0.2) is 35.2 Å². The normalized spacial score (nSPS) is 11.7. The monoisotopic (exact) mass is 308 g/mol. The van der Waals surface area contributed by atoms with Crippen LogP contribution in [0, 0.1) is 11.3 Å². The summed E-state index contributed by atoms with van der Waals surface area (Å²) in [5, 5.41) is 17.1. The van der Waals surface area contributed by atoms with Crippen molar-refractivity contribution in [2.45, 2.75) is 18.2 Å². The standard InChI is InChI=1S/C14H16N2O4S/c1-2-16(11-3-10-15)21(19,20)13-7-4-12(5-8-13)6-9-14(17)18/h4-9H,2-3,11H2,1H3,(H,17,18)/b9-6+. The predicted octanol–water partition coefficient (Wildman–Crippen LogP) is 1.71. The lowest BCUT2D eigenvalue weighted by atomic mass is 10.2. The largest absolute Gasteiger partial charge is 0.478 e. The molecule has 21 heavy (non-hydrogen) atoms. The molecule has 1 aromatic rings. The second-order valence-electron chi connectivity index (χ2n) is 4.15. The molecule has 7 heteroatoms. The first-order valence-electron chi connectivity index (χ1n) is 6.30. The lowest BCUT2D eigenvalue weighted by Gasteiger charge is -2.19. The summed E-state index contributed by atoms with van der Waals surface area (Å²) in [5.41, 5.74) is 0.594. The molecule has 0 aliphatic heterocycles. The molecule has 0 atom stereocenters. The number of nitrogens with zero attached hydrogens (tertiary/aromatic N) is 2. The zero-order chi connectivity index (χ0) is 15.9. The Morgan fingerprint density at radius 3 is 2.48 bits per heavy atom. The molecular formula is C14H16N2O4S. The Hall–Kier alpha value is -2.17. The molecule has 0 aromatic heterocycles. The third-order valence-corrected chi connectivity index (χ3v) is 4.75. The van der Waals surface area contributed by atoms with E-state index in [0.29, 0.717) is 5.56 Å². The average Bonchev–Trinajstić information content (AvgIpc) is 2.46. The molecular weight excluding hydrogens is 292 g/mol. The quantitative estimate of drug-likeness (QED) is 0.773. The molecule has 0 saturated carbocycles. The van der Waals surface area contributed by atoms with Crippen LogP contribution < -0.4 is 0 Å². The van der Waals surface area contributed by atoms with Gasteiger partial charge in [-0.05, 0) is 23.8 Å². The van der Waals surface area contributed by atoms with Gasteiger partial charge in [-0.3, -0.25) is 0 Å². The Morgan fingerprint density at radius 2 is 2.00 bits per heavy atom. The molecule has 1 rings (SSSR count). The molecule has 0 fully saturated rings. The average molecular weight is 308 g/mol. The summed E-state index contributed by atoms with van der Waals surface area (Å²) in [6.07, 6.45) is 2.49. The Kier molecular flexibility index (Phi) is 6.09. The van der Waals surface area contributed by atoms with E-state index in [-0.39, 0.29) is 24.4 Å². The van der Waals surface area contributed by atoms with Gasteiger partial charge >= 0.3 is 5.97 Å². The van der Waals surface area contributed by atoms with Crippen LogP contribution >= 0.6 is 0 Å². The number of carbonyl (C=O) groups is 1. The van der Waals surface area contributed by atoms with Crippen molar-refractivity contribution in [2.75, 3.05) is 13.1 Å². The summed E-state index contributed by atoms with van der Waals surface area (Å²) in [5.74, 6) is -1.07. The number of hydrogen-bond acceptors (Lipinski definition) is 4. The van der Waals surface area contributed by atoms with Crippen LogP contribution in [0.2, 0.25) is 0 Å². The summed E-state index contributed by atoms with van der Waals surface area (Å²) in [4.78, 5) is 10.5. The summed E-state index contributed by atoms with van der Waals surface area (Å²) < 4.78 is 25.9.